The molecule has 3 rings (SSSR count). The monoisotopic (exact) mass is 402 g/mol. The molecule has 0 saturated carbocycles. The Labute approximate surface area is 154 Å². The number of oxime groups is 1. The van der Waals surface area contributed by atoms with Gasteiger partial charge in [-0.25, -0.2) is 0 Å². The molecular weight excluding hydrogens is 389 g/mol. The van der Waals surface area contributed by atoms with Crippen LogP contribution in [0.4, 0.5) is 24.0 Å². The van der Waals surface area contributed by atoms with E-state index in [9.17, 15) is 28.1 Å². The van der Waals surface area contributed by atoms with E-state index < -0.39 is 33.3 Å². The molecular formula is C15H13F3N4O4S. The van der Waals surface area contributed by atoms with Crippen LogP contribution in [-0.4, -0.2) is 35.8 Å². The highest BCUT2D eigenvalue weighted by atomic mass is 32.1. The van der Waals surface area contributed by atoms with Gasteiger partial charge in [-0.1, -0.05) is 16.5 Å². The maximum atomic E-state index is 13.0. The summed E-state index contributed by atoms with van der Waals surface area (Å²) in [5.74, 6) is 0. The lowest BCUT2D eigenvalue weighted by molar-refractivity contribution is -0.383. The third kappa shape index (κ3) is 3.84. The molecule has 0 unspecified atom stereocenters. The summed E-state index contributed by atoms with van der Waals surface area (Å²) in [6, 6.07) is 1.05. The van der Waals surface area contributed by atoms with Gasteiger partial charge in [-0.3, -0.25) is 14.9 Å². The molecule has 2 heterocycles. The van der Waals surface area contributed by atoms with Gasteiger partial charge in [0, 0.05) is 32.0 Å². The number of nitrogens with zero attached hydrogens (tertiary/aromatic N) is 4. The molecule has 0 bridgehead atoms. The van der Waals surface area contributed by atoms with E-state index in [0.717, 1.165) is 17.0 Å². The lowest BCUT2D eigenvalue weighted by Crippen LogP contribution is -2.35. The number of halogens is 3. The quantitative estimate of drug-likeness (QED) is 0.578. The highest BCUT2D eigenvalue weighted by molar-refractivity contribution is 7.22. The Morgan fingerprint density at radius 2 is 2.00 bits per heavy atom. The molecule has 1 aliphatic heterocycles. The number of benzene rings is 1. The van der Waals surface area contributed by atoms with E-state index in [1.165, 1.54) is 7.11 Å². The van der Waals surface area contributed by atoms with Crippen molar-refractivity contribution in [2.75, 3.05) is 25.1 Å². The zero-order valence-corrected chi connectivity index (χ0v) is 14.8. The maximum absolute atomic E-state index is 13.0. The fourth-order valence-corrected chi connectivity index (χ4v) is 3.87. The number of nitro benzene ring substituents is 1. The number of rotatable bonds is 3. The smallest absolute Gasteiger partial charge is 0.399 e. The van der Waals surface area contributed by atoms with Crippen LogP contribution in [0.25, 0.3) is 10.1 Å². The number of piperidine rings is 1. The Morgan fingerprint density at radius 3 is 2.56 bits per heavy atom. The normalized spacial score (nSPS) is 15.1. The van der Waals surface area contributed by atoms with Gasteiger partial charge in [0.15, 0.2) is 5.13 Å². The largest absolute Gasteiger partial charge is 0.416 e. The van der Waals surface area contributed by atoms with Crippen molar-refractivity contribution < 1.29 is 22.9 Å². The molecule has 8 nitrogen and oxygen atoms in total. The van der Waals surface area contributed by atoms with Gasteiger partial charge in [0.2, 0.25) is 0 Å². The summed E-state index contributed by atoms with van der Waals surface area (Å²) >= 11 is 0.831. The summed E-state index contributed by atoms with van der Waals surface area (Å²) in [6.07, 6.45) is -3.69. The zero-order chi connectivity index (χ0) is 19.8. The van der Waals surface area contributed by atoms with E-state index >= 15 is 0 Å². The minimum absolute atomic E-state index is 0.126. The molecule has 1 aliphatic rings. The van der Waals surface area contributed by atoms with Crippen molar-refractivity contribution in [2.24, 2.45) is 5.16 Å². The SMILES string of the molecule is CON=C1CCN(c2nc(=O)c3cc(C(F)(F)F)cc([N+](=O)[O-])c3s2)CC1. The number of fused-ring (bicyclic) bond motifs is 1. The molecule has 2 aromatic rings. The molecule has 27 heavy (non-hydrogen) atoms. The predicted octanol–water partition coefficient (Wildman–Crippen LogP) is 3.19. The fraction of sp³-hybridized carbons (Fsp3) is 0.400. The first kappa shape index (κ1) is 19.0. The molecule has 0 atom stereocenters. The Balaban J connectivity index is 2.09. The van der Waals surface area contributed by atoms with Crippen LogP contribution < -0.4 is 10.5 Å². The number of hydrogen-bond donors (Lipinski definition) is 0. The molecule has 1 aromatic carbocycles. The summed E-state index contributed by atoms with van der Waals surface area (Å²) in [5.41, 5.74) is -2.10. The Kier molecular flexibility index (Phi) is 5.00. The topological polar surface area (TPSA) is 97.9 Å². The van der Waals surface area contributed by atoms with E-state index in [1.54, 1.807) is 4.90 Å². The van der Waals surface area contributed by atoms with Crippen LogP contribution in [0, 0.1) is 10.1 Å². The van der Waals surface area contributed by atoms with Gasteiger partial charge in [-0.2, -0.15) is 18.2 Å². The van der Waals surface area contributed by atoms with Crippen LogP contribution in [0.1, 0.15) is 18.4 Å². The molecule has 0 amide bonds. The minimum atomic E-state index is -4.81. The number of aromatic nitrogens is 1. The Bertz CT molecular complexity index is 979. The fourth-order valence-electron chi connectivity index (χ4n) is 2.75. The van der Waals surface area contributed by atoms with Gasteiger partial charge < -0.3 is 9.74 Å². The first-order valence-corrected chi connectivity index (χ1v) is 8.56. The molecule has 0 radical (unpaired) electrons. The van der Waals surface area contributed by atoms with Gasteiger partial charge in [0.25, 0.3) is 11.2 Å². The second-order valence-electron chi connectivity index (χ2n) is 5.76. The minimum Gasteiger partial charge on any atom is -0.399 e. The van der Waals surface area contributed by atoms with Crippen molar-refractivity contribution in [1.29, 1.82) is 0 Å². The van der Waals surface area contributed by atoms with E-state index in [4.69, 9.17) is 4.84 Å². The van der Waals surface area contributed by atoms with E-state index in [-0.39, 0.29) is 9.83 Å². The van der Waals surface area contributed by atoms with Crippen LogP contribution in [-0.2, 0) is 11.0 Å². The molecule has 1 fully saturated rings. The molecule has 1 aromatic heterocycles. The van der Waals surface area contributed by atoms with Crippen LogP contribution in [0.5, 0.6) is 0 Å². The Morgan fingerprint density at radius 1 is 1.33 bits per heavy atom. The van der Waals surface area contributed by atoms with Gasteiger partial charge in [-0.15, -0.1) is 0 Å². The van der Waals surface area contributed by atoms with Gasteiger partial charge in [-0.05, 0) is 6.07 Å². The lowest BCUT2D eigenvalue weighted by Gasteiger charge is -2.27. The lowest BCUT2D eigenvalue weighted by atomic mass is 10.1. The summed E-state index contributed by atoms with van der Waals surface area (Å²) in [7, 11) is 1.43. The first-order chi connectivity index (χ1) is 12.7. The van der Waals surface area contributed by atoms with E-state index in [0.29, 0.717) is 38.1 Å². The van der Waals surface area contributed by atoms with Gasteiger partial charge in [0.05, 0.1) is 21.6 Å². The van der Waals surface area contributed by atoms with Crippen molar-refractivity contribution in [3.05, 3.63) is 38.2 Å². The van der Waals surface area contributed by atoms with Crippen LogP contribution in [0.2, 0.25) is 0 Å². The van der Waals surface area contributed by atoms with E-state index in [1.807, 2.05) is 0 Å². The summed E-state index contributed by atoms with van der Waals surface area (Å²) in [4.78, 5) is 33.0. The third-order valence-electron chi connectivity index (χ3n) is 4.05. The highest BCUT2D eigenvalue weighted by Gasteiger charge is 2.34. The average Bonchev–Trinajstić information content (AvgIpc) is 2.61. The number of anilines is 1. The number of hydrogen-bond acceptors (Lipinski definition) is 8. The van der Waals surface area contributed by atoms with Crippen LogP contribution in [0.3, 0.4) is 0 Å². The zero-order valence-electron chi connectivity index (χ0n) is 13.9. The summed E-state index contributed by atoms with van der Waals surface area (Å²) < 4.78 is 38.8. The first-order valence-electron chi connectivity index (χ1n) is 7.75. The highest BCUT2D eigenvalue weighted by Crippen LogP contribution is 2.38. The standard InChI is InChI=1S/C15H13F3N4O4S/c1-26-20-9-2-4-21(5-3-9)14-19-13(23)10-6-8(15(16,17)18)7-11(22(24)25)12(10)27-14/h6-7H,2-5H2,1H3. The van der Waals surface area contributed by atoms with Crippen molar-refractivity contribution in [3.8, 4) is 0 Å². The van der Waals surface area contributed by atoms with Gasteiger partial charge in [0.1, 0.15) is 11.8 Å². The molecule has 1 saturated heterocycles. The average molecular weight is 402 g/mol. The molecule has 0 N–H and O–H groups in total. The predicted molar refractivity (Wildman–Crippen MR) is 93.4 cm³/mol. The van der Waals surface area contributed by atoms with Crippen molar-refractivity contribution in [2.45, 2.75) is 19.0 Å². The Hall–Kier alpha value is -2.76. The van der Waals surface area contributed by atoms with E-state index in [2.05, 4.69) is 10.1 Å². The van der Waals surface area contributed by atoms with Crippen molar-refractivity contribution in [3.63, 3.8) is 0 Å². The third-order valence-corrected chi connectivity index (χ3v) is 5.21. The number of non-ortho nitro benzene ring substituents is 1. The number of nitro groups is 1. The van der Waals surface area contributed by atoms with Crippen LogP contribution >= 0.6 is 11.3 Å². The second kappa shape index (κ2) is 7.10. The molecule has 0 spiro atoms. The van der Waals surface area contributed by atoms with Crippen molar-refractivity contribution in [1.82, 2.24) is 4.98 Å². The summed E-state index contributed by atoms with van der Waals surface area (Å²) in [6.45, 7) is 0.927. The molecule has 144 valence electrons. The summed E-state index contributed by atoms with van der Waals surface area (Å²) in [5, 5.41) is 15.0. The van der Waals surface area contributed by atoms with Gasteiger partial charge >= 0.3 is 6.18 Å². The van der Waals surface area contributed by atoms with Crippen LogP contribution in [0.15, 0.2) is 22.1 Å². The van der Waals surface area contributed by atoms with Crippen molar-refractivity contribution >= 4 is 38.0 Å². The second-order valence-corrected chi connectivity index (χ2v) is 6.73. The maximum Gasteiger partial charge on any atom is 0.416 e. The molecule has 0 aliphatic carbocycles. The molecule has 12 heteroatoms. The number of alkyl halides is 3.